The Morgan fingerprint density at radius 1 is 0.500 bits per heavy atom. The summed E-state index contributed by atoms with van der Waals surface area (Å²) in [6.07, 6.45) is -0.714. The predicted molar refractivity (Wildman–Crippen MR) is 200 cm³/mol. The van der Waals surface area contributed by atoms with Crippen LogP contribution in [0.3, 0.4) is 0 Å². The lowest BCUT2D eigenvalue weighted by molar-refractivity contribution is 0.561. The maximum atomic E-state index is 7.17. The van der Waals surface area contributed by atoms with Gasteiger partial charge >= 0.3 is 6.33 Å². The smallest absolute Gasteiger partial charge is 0.500 e. The highest BCUT2D eigenvalue weighted by Gasteiger charge is 2.30. The van der Waals surface area contributed by atoms with Crippen molar-refractivity contribution in [3.63, 3.8) is 0 Å². The highest BCUT2D eigenvalue weighted by atomic mass is 35.5. The third-order valence-electron chi connectivity index (χ3n) is 8.11. The van der Waals surface area contributed by atoms with Gasteiger partial charge in [0.25, 0.3) is 0 Å². The van der Waals surface area contributed by atoms with Gasteiger partial charge in [-0.1, -0.05) is 140 Å². The summed E-state index contributed by atoms with van der Waals surface area (Å²) >= 11 is 7.16. The van der Waals surface area contributed by atoms with Gasteiger partial charge in [0.05, 0.1) is 0 Å². The summed E-state index contributed by atoms with van der Waals surface area (Å²) in [5.74, 6) is 1.60. The number of fused-ring (bicyclic) bond motifs is 2. The third-order valence-corrected chi connectivity index (χ3v) is 9.27. The average molecular weight is 633 g/mol. The van der Waals surface area contributed by atoms with Crippen LogP contribution in [0, 0.1) is 0 Å². The summed E-state index contributed by atoms with van der Waals surface area (Å²) in [7, 11) is -2.13. The number of benzene rings is 7. The van der Waals surface area contributed by atoms with E-state index in [9.17, 15) is 0 Å². The first-order valence-corrected chi connectivity index (χ1v) is 19.5. The van der Waals surface area contributed by atoms with E-state index in [1.165, 1.54) is 0 Å². The van der Waals surface area contributed by atoms with Crippen molar-refractivity contribution >= 4 is 53.1 Å². The van der Waals surface area contributed by atoms with Gasteiger partial charge in [-0.25, -0.2) is 0 Å². The van der Waals surface area contributed by atoms with Crippen LogP contribution in [-0.2, 0) is 0 Å². The van der Waals surface area contributed by atoms with E-state index in [0.29, 0.717) is 0 Å². The molecule has 0 saturated carbocycles. The summed E-state index contributed by atoms with van der Waals surface area (Å²) in [6, 6.07) is 52.5. The summed E-state index contributed by atoms with van der Waals surface area (Å²) in [4.78, 5) is 0. The molecule has 0 bridgehead atoms. The maximum absolute atomic E-state index is 7.17. The summed E-state index contributed by atoms with van der Waals surface area (Å²) in [6.45, 7) is 6.71. The minimum absolute atomic E-state index is 0.714. The van der Waals surface area contributed by atoms with Crippen LogP contribution in [0.4, 0.5) is 0 Å². The van der Waals surface area contributed by atoms with Crippen molar-refractivity contribution in [3.05, 3.63) is 152 Å². The fraction of sp³-hybridized carbons (Fsp3) is 0.0732. The van der Waals surface area contributed by atoms with E-state index < -0.39 is 14.6 Å². The van der Waals surface area contributed by atoms with Crippen LogP contribution in [0.5, 0.6) is 11.5 Å². The van der Waals surface area contributed by atoms with Crippen molar-refractivity contribution in [3.8, 4) is 44.9 Å². The van der Waals surface area contributed by atoms with Gasteiger partial charge in [-0.05, 0) is 69.9 Å². The fourth-order valence-corrected chi connectivity index (χ4v) is 7.19. The molecule has 0 radical (unpaired) electrons. The minimum Gasteiger partial charge on any atom is -0.543 e. The van der Waals surface area contributed by atoms with Gasteiger partial charge < -0.3 is 9.08 Å². The van der Waals surface area contributed by atoms with E-state index in [0.717, 1.165) is 71.9 Å². The second-order valence-corrected chi connectivity index (χ2v) is 17.3. The molecule has 0 aliphatic carbocycles. The van der Waals surface area contributed by atoms with Crippen molar-refractivity contribution in [1.82, 2.24) is 0 Å². The molecule has 46 heavy (non-hydrogen) atoms. The quantitative estimate of drug-likeness (QED) is 0.155. The lowest BCUT2D eigenvalue weighted by Crippen LogP contribution is -2.31. The first-order valence-electron chi connectivity index (χ1n) is 15.6. The van der Waals surface area contributed by atoms with Gasteiger partial charge in [-0.15, -0.1) is 11.5 Å². The number of rotatable bonds is 8. The second-order valence-electron chi connectivity index (χ2n) is 12.5. The SMILES string of the molecule is C[Si](C)(C)Oc1c(-c2ccccc2)cc2ccccc2c1-c1c(OB(Cl)c2ccccc2)c(-c2ccccc2)cc2ccccc12. The van der Waals surface area contributed by atoms with Gasteiger partial charge in [-0.3, -0.25) is 0 Å². The Balaban J connectivity index is 1.66. The predicted octanol–water partition coefficient (Wildman–Crippen LogP) is 11.2. The van der Waals surface area contributed by atoms with E-state index in [4.69, 9.17) is 20.5 Å². The van der Waals surface area contributed by atoms with Crippen molar-refractivity contribution in [2.75, 3.05) is 0 Å². The molecule has 7 rings (SSSR count). The zero-order chi connectivity index (χ0) is 31.7. The zero-order valence-corrected chi connectivity index (χ0v) is 28.0. The minimum atomic E-state index is -2.13. The molecule has 7 aromatic rings. The van der Waals surface area contributed by atoms with E-state index in [1.807, 2.05) is 36.4 Å². The molecule has 0 aromatic heterocycles. The molecule has 7 aromatic carbocycles. The monoisotopic (exact) mass is 632 g/mol. The standard InChI is InChI=1S/C41H34BClO2Si/c1-46(2,3)45-41-37(30-19-9-5-10-20-30)28-32-22-14-16-26-35(32)39(41)38-34-25-15-13-21-31(34)27-36(29-17-7-4-8-18-29)40(38)44-42(43)33-23-11-6-12-24-33/h4-28H,1-3H3. The number of hydrogen-bond donors (Lipinski definition) is 0. The van der Waals surface area contributed by atoms with Crippen LogP contribution >= 0.6 is 11.5 Å². The van der Waals surface area contributed by atoms with Gasteiger partial charge in [-0.2, -0.15) is 0 Å². The first kappa shape index (κ1) is 29.9. The Hall–Kier alpha value is -4.77. The van der Waals surface area contributed by atoms with Crippen LogP contribution in [0.25, 0.3) is 54.9 Å². The molecule has 0 aliphatic heterocycles. The molecule has 0 spiro atoms. The Labute approximate surface area is 277 Å². The molecule has 0 saturated heterocycles. The molecule has 2 nitrogen and oxygen atoms in total. The number of hydrogen-bond acceptors (Lipinski definition) is 2. The summed E-state index contributed by atoms with van der Waals surface area (Å²) in [5.41, 5.74) is 7.07. The molecule has 0 aliphatic rings. The molecule has 0 heterocycles. The van der Waals surface area contributed by atoms with E-state index in [-0.39, 0.29) is 0 Å². The van der Waals surface area contributed by atoms with Crippen molar-refractivity contribution < 1.29 is 9.08 Å². The maximum Gasteiger partial charge on any atom is 0.500 e. The molecule has 0 N–H and O–H groups in total. The first-order chi connectivity index (χ1) is 22.4. The van der Waals surface area contributed by atoms with Crippen molar-refractivity contribution in [2.24, 2.45) is 0 Å². The highest BCUT2D eigenvalue weighted by molar-refractivity contribution is 7.11. The van der Waals surface area contributed by atoms with E-state index >= 15 is 0 Å². The van der Waals surface area contributed by atoms with Crippen LogP contribution in [0.2, 0.25) is 19.6 Å². The van der Waals surface area contributed by atoms with Crippen LogP contribution in [-0.4, -0.2) is 14.6 Å². The molecule has 0 fully saturated rings. The lowest BCUT2D eigenvalue weighted by atomic mass is 9.83. The summed E-state index contributed by atoms with van der Waals surface area (Å²) in [5, 5.41) is 4.42. The van der Waals surface area contributed by atoms with Crippen LogP contribution in [0.1, 0.15) is 0 Å². The van der Waals surface area contributed by atoms with Gasteiger partial charge in [0.1, 0.15) is 11.5 Å². The van der Waals surface area contributed by atoms with Gasteiger partial charge in [0, 0.05) is 22.3 Å². The Kier molecular flexibility index (Phi) is 8.16. The largest absolute Gasteiger partial charge is 0.543 e. The summed E-state index contributed by atoms with van der Waals surface area (Å²) < 4.78 is 14.2. The Morgan fingerprint density at radius 2 is 0.913 bits per heavy atom. The molecule has 224 valence electrons. The fourth-order valence-electron chi connectivity index (χ4n) is 6.13. The van der Waals surface area contributed by atoms with Crippen LogP contribution in [0.15, 0.2) is 152 Å². The Bertz CT molecular complexity index is 2150. The molecule has 0 atom stereocenters. The second kappa shape index (κ2) is 12.6. The van der Waals surface area contributed by atoms with E-state index in [1.54, 1.807) is 0 Å². The third kappa shape index (κ3) is 5.94. The van der Waals surface area contributed by atoms with Crippen molar-refractivity contribution in [1.29, 1.82) is 0 Å². The topological polar surface area (TPSA) is 18.5 Å². The lowest BCUT2D eigenvalue weighted by Gasteiger charge is -2.28. The molecular weight excluding hydrogens is 599 g/mol. The zero-order valence-electron chi connectivity index (χ0n) is 26.2. The number of halogens is 1. The molecule has 5 heteroatoms. The molecule has 0 unspecified atom stereocenters. The Morgan fingerprint density at radius 3 is 1.41 bits per heavy atom. The van der Waals surface area contributed by atoms with Crippen LogP contribution < -0.4 is 14.5 Å². The van der Waals surface area contributed by atoms with Crippen molar-refractivity contribution in [2.45, 2.75) is 19.6 Å². The molecular formula is C41H34BClO2Si. The van der Waals surface area contributed by atoms with E-state index in [2.05, 4.69) is 135 Å². The average Bonchev–Trinajstić information content (AvgIpc) is 3.08. The van der Waals surface area contributed by atoms with Gasteiger partial charge in [0.2, 0.25) is 8.32 Å². The normalized spacial score (nSPS) is 11.5. The molecule has 0 amide bonds. The van der Waals surface area contributed by atoms with Gasteiger partial charge in [0.15, 0.2) is 0 Å². The highest BCUT2D eigenvalue weighted by Crippen LogP contribution is 2.53.